The number of carbonyl (C=O) groups is 1. The number of piperidine rings is 1. The first-order valence-corrected chi connectivity index (χ1v) is 12.4. The summed E-state index contributed by atoms with van der Waals surface area (Å²) in [4.78, 5) is 22.9. The van der Waals surface area contributed by atoms with Crippen LogP contribution < -0.4 is 10.4 Å². The molecule has 0 saturated carbocycles. The van der Waals surface area contributed by atoms with Crippen molar-refractivity contribution < 1.29 is 4.79 Å². The lowest BCUT2D eigenvalue weighted by molar-refractivity contribution is 0.0463. The van der Waals surface area contributed by atoms with Crippen molar-refractivity contribution in [1.82, 2.24) is 20.2 Å². The molecule has 2 aliphatic rings. The Morgan fingerprint density at radius 2 is 1.97 bits per heavy atom. The van der Waals surface area contributed by atoms with Gasteiger partial charge in [0.05, 0.1) is 15.6 Å². The SMILES string of the molecule is O=C(c1cccs1)N(C1CCN(Cc2ccccc2)CC1)C1C=CN(c2ccncc2Cl)N1. The molecule has 1 fully saturated rings. The summed E-state index contributed by atoms with van der Waals surface area (Å²) in [6.07, 6.45) is 8.93. The molecule has 1 saturated heterocycles. The van der Waals surface area contributed by atoms with E-state index < -0.39 is 0 Å². The van der Waals surface area contributed by atoms with Crippen LogP contribution in [0.4, 0.5) is 5.69 Å². The smallest absolute Gasteiger partial charge is 0.265 e. The van der Waals surface area contributed by atoms with Crippen LogP contribution in [0, 0.1) is 0 Å². The predicted octanol–water partition coefficient (Wildman–Crippen LogP) is 4.77. The Balaban J connectivity index is 1.30. The third kappa shape index (κ3) is 4.96. The molecule has 2 aliphatic heterocycles. The second-order valence-electron chi connectivity index (χ2n) is 8.30. The molecule has 1 N–H and O–H groups in total. The summed E-state index contributed by atoms with van der Waals surface area (Å²) < 4.78 is 0. The minimum absolute atomic E-state index is 0.0661. The third-order valence-electron chi connectivity index (χ3n) is 6.17. The highest BCUT2D eigenvalue weighted by molar-refractivity contribution is 7.12. The maximum absolute atomic E-state index is 13.6. The van der Waals surface area contributed by atoms with Crippen LogP contribution in [-0.4, -0.2) is 46.0 Å². The van der Waals surface area contributed by atoms with Crippen molar-refractivity contribution in [1.29, 1.82) is 0 Å². The van der Waals surface area contributed by atoms with Gasteiger partial charge in [-0.2, -0.15) is 0 Å². The van der Waals surface area contributed by atoms with Crippen LogP contribution in [0.2, 0.25) is 5.02 Å². The first-order chi connectivity index (χ1) is 16.2. The van der Waals surface area contributed by atoms with Gasteiger partial charge in [-0.15, -0.1) is 11.3 Å². The quantitative estimate of drug-likeness (QED) is 0.552. The van der Waals surface area contributed by atoms with E-state index in [0.29, 0.717) is 5.02 Å². The van der Waals surface area contributed by atoms with Gasteiger partial charge in [-0.25, -0.2) is 5.43 Å². The van der Waals surface area contributed by atoms with E-state index in [4.69, 9.17) is 11.6 Å². The molecule has 1 amide bonds. The fourth-order valence-electron chi connectivity index (χ4n) is 4.51. The van der Waals surface area contributed by atoms with E-state index in [1.165, 1.54) is 16.9 Å². The number of nitrogens with zero attached hydrogens (tertiary/aromatic N) is 4. The van der Waals surface area contributed by atoms with E-state index in [1.54, 1.807) is 12.4 Å². The number of likely N-dealkylation sites (tertiary alicyclic amines) is 1. The third-order valence-corrected chi connectivity index (χ3v) is 7.31. The van der Waals surface area contributed by atoms with Gasteiger partial charge in [0, 0.05) is 44.3 Å². The standard InChI is InChI=1S/C25H26ClN5OS/c26-21-17-27-12-8-22(21)30-15-11-24(28-30)31(25(32)23-7-4-16-33-23)20-9-13-29(14-10-20)18-19-5-2-1-3-6-19/h1-8,11-12,15-17,20,24,28H,9-10,13-14,18H2. The Labute approximate surface area is 203 Å². The summed E-state index contributed by atoms with van der Waals surface area (Å²) in [6, 6.07) is 16.4. The lowest BCUT2D eigenvalue weighted by Gasteiger charge is -2.41. The van der Waals surface area contributed by atoms with Gasteiger partial charge in [0.2, 0.25) is 0 Å². The van der Waals surface area contributed by atoms with Crippen LogP contribution in [0.1, 0.15) is 28.1 Å². The lowest BCUT2D eigenvalue weighted by atomic mass is 10.0. The highest BCUT2D eigenvalue weighted by Gasteiger charge is 2.35. The van der Waals surface area contributed by atoms with Crippen LogP contribution in [-0.2, 0) is 6.54 Å². The summed E-state index contributed by atoms with van der Waals surface area (Å²) >= 11 is 7.83. The summed E-state index contributed by atoms with van der Waals surface area (Å²) in [5, 5.41) is 4.38. The fraction of sp³-hybridized carbons (Fsp3) is 0.280. The summed E-state index contributed by atoms with van der Waals surface area (Å²) in [5.41, 5.74) is 5.58. The molecule has 0 bridgehead atoms. The van der Waals surface area contributed by atoms with Crippen molar-refractivity contribution in [2.45, 2.75) is 31.6 Å². The number of anilines is 1. The minimum atomic E-state index is -0.241. The zero-order valence-corrected chi connectivity index (χ0v) is 19.8. The van der Waals surface area contributed by atoms with E-state index in [1.807, 2.05) is 51.8 Å². The van der Waals surface area contributed by atoms with Crippen molar-refractivity contribution in [2.75, 3.05) is 18.1 Å². The van der Waals surface area contributed by atoms with Crippen molar-refractivity contribution in [3.8, 4) is 0 Å². The van der Waals surface area contributed by atoms with Gasteiger partial charge in [-0.05, 0) is 42.0 Å². The number of aromatic nitrogens is 1. The number of benzene rings is 1. The number of rotatable bonds is 6. The number of halogens is 1. The summed E-state index contributed by atoms with van der Waals surface area (Å²) in [6.45, 7) is 2.87. The first kappa shape index (κ1) is 22.1. The normalized spacial score (nSPS) is 19.2. The molecule has 4 heterocycles. The average molecular weight is 480 g/mol. The number of amides is 1. The molecule has 2 aromatic heterocycles. The van der Waals surface area contributed by atoms with E-state index in [9.17, 15) is 4.79 Å². The molecule has 1 aromatic carbocycles. The molecule has 5 rings (SSSR count). The maximum Gasteiger partial charge on any atom is 0.265 e. The highest BCUT2D eigenvalue weighted by atomic mass is 35.5. The van der Waals surface area contributed by atoms with Gasteiger partial charge in [0.15, 0.2) is 0 Å². The van der Waals surface area contributed by atoms with Gasteiger partial charge >= 0.3 is 0 Å². The molecule has 0 radical (unpaired) electrons. The zero-order chi connectivity index (χ0) is 22.6. The van der Waals surface area contributed by atoms with Crippen LogP contribution in [0.5, 0.6) is 0 Å². The minimum Gasteiger partial charge on any atom is -0.314 e. The Bertz CT molecular complexity index is 1100. The number of carbonyl (C=O) groups excluding carboxylic acids is 1. The van der Waals surface area contributed by atoms with Crippen LogP contribution in [0.25, 0.3) is 0 Å². The Kier molecular flexibility index (Phi) is 6.73. The van der Waals surface area contributed by atoms with Gasteiger partial charge in [0.1, 0.15) is 6.17 Å². The average Bonchev–Trinajstić information content (AvgIpc) is 3.54. The van der Waals surface area contributed by atoms with E-state index in [0.717, 1.165) is 43.0 Å². The monoisotopic (exact) mass is 479 g/mol. The van der Waals surface area contributed by atoms with Crippen LogP contribution >= 0.6 is 22.9 Å². The molecule has 6 nitrogen and oxygen atoms in total. The Morgan fingerprint density at radius 3 is 2.70 bits per heavy atom. The second kappa shape index (κ2) is 10.1. The number of nitrogens with one attached hydrogen (secondary N) is 1. The Morgan fingerprint density at radius 1 is 1.15 bits per heavy atom. The molecular formula is C25H26ClN5OS. The molecular weight excluding hydrogens is 454 g/mol. The number of thiophene rings is 1. The molecule has 170 valence electrons. The zero-order valence-electron chi connectivity index (χ0n) is 18.2. The van der Waals surface area contributed by atoms with Gasteiger partial charge in [-0.1, -0.05) is 48.0 Å². The molecule has 33 heavy (non-hydrogen) atoms. The second-order valence-corrected chi connectivity index (χ2v) is 9.65. The van der Waals surface area contributed by atoms with Gasteiger partial charge < -0.3 is 4.90 Å². The number of hydrogen-bond donors (Lipinski definition) is 1. The number of hydrogen-bond acceptors (Lipinski definition) is 6. The molecule has 8 heteroatoms. The fourth-order valence-corrected chi connectivity index (χ4v) is 5.39. The number of pyridine rings is 1. The predicted molar refractivity (Wildman–Crippen MR) is 133 cm³/mol. The van der Waals surface area contributed by atoms with Crippen molar-refractivity contribution in [3.63, 3.8) is 0 Å². The maximum atomic E-state index is 13.6. The molecule has 3 aromatic rings. The van der Waals surface area contributed by atoms with E-state index >= 15 is 0 Å². The van der Waals surface area contributed by atoms with Crippen LogP contribution in [0.15, 0.2) is 78.6 Å². The summed E-state index contributed by atoms with van der Waals surface area (Å²) in [7, 11) is 0. The molecule has 0 spiro atoms. The molecule has 1 unspecified atom stereocenters. The van der Waals surface area contributed by atoms with Gasteiger partial charge in [0.25, 0.3) is 5.91 Å². The molecule has 1 atom stereocenters. The van der Waals surface area contributed by atoms with Crippen LogP contribution in [0.3, 0.4) is 0 Å². The lowest BCUT2D eigenvalue weighted by Crippen LogP contribution is -2.56. The number of hydrazine groups is 1. The Hall–Kier alpha value is -2.71. The van der Waals surface area contributed by atoms with Gasteiger partial charge in [-0.3, -0.25) is 19.7 Å². The molecule has 0 aliphatic carbocycles. The first-order valence-electron chi connectivity index (χ1n) is 11.1. The summed E-state index contributed by atoms with van der Waals surface area (Å²) in [5.74, 6) is 0.0661. The van der Waals surface area contributed by atoms with Crippen molar-refractivity contribution >= 4 is 34.5 Å². The topological polar surface area (TPSA) is 51.7 Å². The van der Waals surface area contributed by atoms with Crippen molar-refractivity contribution in [3.05, 3.63) is 94.0 Å². The van der Waals surface area contributed by atoms with E-state index in [2.05, 4.69) is 39.6 Å². The van der Waals surface area contributed by atoms with Crippen molar-refractivity contribution in [2.24, 2.45) is 0 Å². The highest BCUT2D eigenvalue weighted by Crippen LogP contribution is 2.29. The largest absolute Gasteiger partial charge is 0.314 e. The van der Waals surface area contributed by atoms with E-state index in [-0.39, 0.29) is 18.1 Å².